The van der Waals surface area contributed by atoms with Crippen molar-refractivity contribution >= 4 is 0 Å². The van der Waals surface area contributed by atoms with E-state index < -0.39 is 5.82 Å². The number of nitriles is 1. The van der Waals surface area contributed by atoms with E-state index in [0.717, 1.165) is 17.8 Å². The lowest BCUT2D eigenvalue weighted by molar-refractivity contribution is 0.221. The van der Waals surface area contributed by atoms with E-state index in [0.29, 0.717) is 11.5 Å². The first kappa shape index (κ1) is 22.6. The lowest BCUT2D eigenvalue weighted by atomic mass is 9.75. The average molecular weight is 406 g/mol. The van der Waals surface area contributed by atoms with Crippen LogP contribution in [0.5, 0.6) is 0 Å². The molecule has 1 aromatic rings. The molecule has 1 aromatic carbocycles. The Morgan fingerprint density at radius 3 is 2.10 bits per heavy atom. The maximum absolute atomic E-state index is 13.6. The van der Waals surface area contributed by atoms with Gasteiger partial charge in [-0.1, -0.05) is 76.2 Å². The molecular formula is C28H36FN. The molecule has 0 aromatic heterocycles. The third-order valence-corrected chi connectivity index (χ3v) is 7.30. The van der Waals surface area contributed by atoms with Gasteiger partial charge < -0.3 is 0 Å². The molecule has 30 heavy (non-hydrogen) atoms. The zero-order chi connectivity index (χ0) is 21.2. The van der Waals surface area contributed by atoms with Crippen molar-refractivity contribution in [3.63, 3.8) is 0 Å². The minimum atomic E-state index is -0.499. The van der Waals surface area contributed by atoms with Gasteiger partial charge in [0.2, 0.25) is 0 Å². The molecule has 160 valence electrons. The molecule has 2 saturated carbocycles. The van der Waals surface area contributed by atoms with Gasteiger partial charge in [-0.2, -0.15) is 5.26 Å². The quantitative estimate of drug-likeness (QED) is 0.443. The Bertz CT molecular complexity index is 790. The van der Waals surface area contributed by atoms with Crippen LogP contribution in [0.4, 0.5) is 4.39 Å². The molecular weight excluding hydrogens is 369 g/mol. The summed E-state index contributed by atoms with van der Waals surface area (Å²) in [6.07, 6.45) is 21.0. The smallest absolute Gasteiger partial charge is 0.142 e. The Kier molecular flexibility index (Phi) is 9.01. The predicted octanol–water partition coefficient (Wildman–Crippen LogP) is 7.80. The van der Waals surface area contributed by atoms with Crippen molar-refractivity contribution in [3.8, 4) is 17.9 Å². The summed E-state index contributed by atoms with van der Waals surface area (Å²) < 4.78 is 13.6. The van der Waals surface area contributed by atoms with Crippen LogP contribution in [0.1, 0.15) is 95.1 Å². The van der Waals surface area contributed by atoms with Crippen molar-refractivity contribution < 1.29 is 4.39 Å². The molecule has 0 bridgehead atoms. The second-order valence-corrected chi connectivity index (χ2v) is 9.47. The van der Waals surface area contributed by atoms with E-state index in [1.165, 1.54) is 89.2 Å². The maximum Gasteiger partial charge on any atom is 0.142 e. The van der Waals surface area contributed by atoms with Gasteiger partial charge in [-0.25, -0.2) is 4.39 Å². The van der Waals surface area contributed by atoms with Gasteiger partial charge in [0.15, 0.2) is 0 Å². The number of allylic oxidation sites excluding steroid dienone is 2. The van der Waals surface area contributed by atoms with Gasteiger partial charge in [0, 0.05) is 5.56 Å². The van der Waals surface area contributed by atoms with Crippen molar-refractivity contribution in [2.45, 2.75) is 84.0 Å². The molecule has 0 unspecified atom stereocenters. The minimum Gasteiger partial charge on any atom is -0.206 e. The monoisotopic (exact) mass is 405 g/mol. The highest BCUT2D eigenvalue weighted by molar-refractivity contribution is 5.42. The highest BCUT2D eigenvalue weighted by Gasteiger charge is 2.23. The summed E-state index contributed by atoms with van der Waals surface area (Å²) in [5.41, 5.74) is 0.681. The highest BCUT2D eigenvalue weighted by Crippen LogP contribution is 2.37. The zero-order valence-electron chi connectivity index (χ0n) is 18.5. The summed E-state index contributed by atoms with van der Waals surface area (Å²) in [6, 6.07) is 6.35. The van der Waals surface area contributed by atoms with Crippen molar-refractivity contribution in [1.29, 1.82) is 5.26 Å². The molecule has 2 aliphatic carbocycles. The summed E-state index contributed by atoms with van der Waals surface area (Å²) in [5.74, 6) is 9.07. The van der Waals surface area contributed by atoms with Gasteiger partial charge in [-0.15, -0.1) is 0 Å². The van der Waals surface area contributed by atoms with E-state index in [2.05, 4.69) is 24.8 Å². The first-order valence-electron chi connectivity index (χ1n) is 12.1. The van der Waals surface area contributed by atoms with Crippen LogP contribution in [0.25, 0.3) is 0 Å². The van der Waals surface area contributed by atoms with Crippen LogP contribution in [-0.2, 0) is 0 Å². The van der Waals surface area contributed by atoms with Gasteiger partial charge in [-0.3, -0.25) is 0 Å². The number of benzene rings is 1. The molecule has 0 aliphatic heterocycles. The Balaban J connectivity index is 1.34. The topological polar surface area (TPSA) is 23.8 Å². The van der Waals surface area contributed by atoms with Crippen molar-refractivity contribution in [2.24, 2.45) is 23.7 Å². The summed E-state index contributed by atoms with van der Waals surface area (Å²) >= 11 is 0. The number of rotatable bonds is 6. The average Bonchev–Trinajstić information content (AvgIpc) is 2.77. The number of nitrogens with zero attached hydrogens (tertiary/aromatic N) is 1. The van der Waals surface area contributed by atoms with Crippen LogP contribution in [0.3, 0.4) is 0 Å². The SMILES string of the molecule is CCCC1CCC(CCC2CCC(/C=C/C#Cc3ccc(C#N)c(F)c3)CC2)CC1. The summed E-state index contributed by atoms with van der Waals surface area (Å²) in [5, 5.41) is 8.78. The second kappa shape index (κ2) is 12.0. The summed E-state index contributed by atoms with van der Waals surface area (Å²) in [4.78, 5) is 0. The normalized spacial score (nSPS) is 26.7. The lowest BCUT2D eigenvalue weighted by Crippen LogP contribution is -2.17. The fraction of sp³-hybridized carbons (Fsp3) is 0.607. The largest absolute Gasteiger partial charge is 0.206 e. The first-order chi connectivity index (χ1) is 14.7. The fourth-order valence-electron chi connectivity index (χ4n) is 5.35. The highest BCUT2D eigenvalue weighted by atomic mass is 19.1. The van der Waals surface area contributed by atoms with Crippen LogP contribution in [0.15, 0.2) is 30.4 Å². The van der Waals surface area contributed by atoms with E-state index in [-0.39, 0.29) is 5.56 Å². The predicted molar refractivity (Wildman–Crippen MR) is 122 cm³/mol. The van der Waals surface area contributed by atoms with Crippen molar-refractivity contribution in [3.05, 3.63) is 47.3 Å². The van der Waals surface area contributed by atoms with Gasteiger partial charge in [0.25, 0.3) is 0 Å². The number of halogens is 1. The molecule has 0 radical (unpaired) electrons. The summed E-state index contributed by atoms with van der Waals surface area (Å²) in [6.45, 7) is 2.32. The van der Waals surface area contributed by atoms with E-state index in [9.17, 15) is 4.39 Å². The summed E-state index contributed by atoms with van der Waals surface area (Å²) in [7, 11) is 0. The molecule has 0 spiro atoms. The van der Waals surface area contributed by atoms with Crippen LogP contribution in [0, 0.1) is 52.7 Å². The van der Waals surface area contributed by atoms with Crippen LogP contribution in [-0.4, -0.2) is 0 Å². The van der Waals surface area contributed by atoms with E-state index >= 15 is 0 Å². The minimum absolute atomic E-state index is 0.0667. The van der Waals surface area contributed by atoms with Gasteiger partial charge in [-0.05, 0) is 73.6 Å². The van der Waals surface area contributed by atoms with Gasteiger partial charge >= 0.3 is 0 Å². The molecule has 0 saturated heterocycles. The Morgan fingerprint density at radius 1 is 0.933 bits per heavy atom. The molecule has 0 amide bonds. The standard InChI is InChI=1S/C28H36FN/c1-2-5-22-8-12-24(13-9-22)16-17-25-14-10-23(11-15-25)6-3-4-7-26-18-19-27(21-30)28(29)20-26/h3,6,18-20,22-25H,2,5,8-17H2,1H3/b6-3+. The van der Waals surface area contributed by atoms with Crippen LogP contribution >= 0.6 is 0 Å². The van der Waals surface area contributed by atoms with Crippen LogP contribution < -0.4 is 0 Å². The molecule has 0 N–H and O–H groups in total. The molecule has 2 heteroatoms. The lowest BCUT2D eigenvalue weighted by Gasteiger charge is -2.31. The molecule has 1 nitrogen and oxygen atoms in total. The Morgan fingerprint density at radius 2 is 1.53 bits per heavy atom. The third kappa shape index (κ3) is 7.02. The molecule has 2 aliphatic rings. The second-order valence-electron chi connectivity index (χ2n) is 9.47. The van der Waals surface area contributed by atoms with Gasteiger partial charge in [0.05, 0.1) is 5.56 Å². The molecule has 0 heterocycles. The van der Waals surface area contributed by atoms with E-state index in [1.807, 2.05) is 12.1 Å². The van der Waals surface area contributed by atoms with Crippen LogP contribution in [0.2, 0.25) is 0 Å². The molecule has 2 fully saturated rings. The number of hydrogen-bond donors (Lipinski definition) is 0. The fourth-order valence-corrected chi connectivity index (χ4v) is 5.35. The van der Waals surface area contributed by atoms with E-state index in [1.54, 1.807) is 6.07 Å². The molecule has 3 rings (SSSR count). The van der Waals surface area contributed by atoms with Crippen molar-refractivity contribution in [2.75, 3.05) is 0 Å². The van der Waals surface area contributed by atoms with E-state index in [4.69, 9.17) is 5.26 Å². The molecule has 0 atom stereocenters. The zero-order valence-corrected chi connectivity index (χ0v) is 18.5. The van der Waals surface area contributed by atoms with Gasteiger partial charge in [0.1, 0.15) is 11.9 Å². The Hall–Kier alpha value is -2.06. The van der Waals surface area contributed by atoms with Crippen molar-refractivity contribution in [1.82, 2.24) is 0 Å². The first-order valence-corrected chi connectivity index (χ1v) is 12.1. The number of hydrogen-bond acceptors (Lipinski definition) is 1. The Labute approximate surface area is 182 Å². The maximum atomic E-state index is 13.6. The third-order valence-electron chi connectivity index (χ3n) is 7.30.